The molecule has 1 heterocycles. The normalized spacial score (nSPS) is 12.2. The second-order valence-electron chi connectivity index (χ2n) is 3.88. The van der Waals surface area contributed by atoms with Crippen LogP contribution < -0.4 is 0 Å². The number of hydrogen-bond donors (Lipinski definition) is 0. The Balaban J connectivity index is 0.000000461. The van der Waals surface area contributed by atoms with Crippen LogP contribution in [0.5, 0.6) is 0 Å². The van der Waals surface area contributed by atoms with Gasteiger partial charge in [-0.1, -0.05) is 24.3 Å². The fourth-order valence-electron chi connectivity index (χ4n) is 2.15. The van der Waals surface area contributed by atoms with Gasteiger partial charge in [0, 0.05) is 23.6 Å². The van der Waals surface area contributed by atoms with Gasteiger partial charge in [0.1, 0.15) is 6.79 Å². The zero-order valence-electron chi connectivity index (χ0n) is 11.3. The highest BCUT2D eigenvalue weighted by atomic mass is 16.2. The van der Waals surface area contributed by atoms with Gasteiger partial charge in [-0.05, 0) is 17.5 Å². The minimum Gasteiger partial charge on any atom is -0.307 e. The van der Waals surface area contributed by atoms with E-state index in [0.717, 1.165) is 15.7 Å². The van der Waals surface area contributed by atoms with Crippen LogP contribution in [0.2, 0.25) is 0 Å². The van der Waals surface area contributed by atoms with Crippen molar-refractivity contribution in [3.8, 4) is 0 Å². The molecule has 1 aliphatic rings. The molecule has 102 valence electrons. The first-order valence-electron chi connectivity index (χ1n) is 5.83. The zero-order chi connectivity index (χ0) is 15.3. The smallest absolute Gasteiger partial charge is 0.261 e. The lowest BCUT2D eigenvalue weighted by Gasteiger charge is -2.23. The van der Waals surface area contributed by atoms with Gasteiger partial charge in [0.2, 0.25) is 0 Å². The summed E-state index contributed by atoms with van der Waals surface area (Å²) in [7, 11) is 1.51. The summed E-state index contributed by atoms with van der Waals surface area (Å²) in [6.07, 6.45) is 0. The molecule has 0 fully saturated rings. The molecule has 0 saturated heterocycles. The Morgan fingerprint density at radius 2 is 1.25 bits per heavy atom. The molecule has 0 unspecified atom stereocenters. The average molecular weight is 269 g/mol. The molecule has 1 aliphatic heterocycles. The molecule has 3 rings (SSSR count). The van der Waals surface area contributed by atoms with E-state index in [2.05, 4.69) is 13.2 Å². The van der Waals surface area contributed by atoms with E-state index in [4.69, 9.17) is 4.79 Å². The Hall–Kier alpha value is -2.75. The van der Waals surface area contributed by atoms with Crippen LogP contribution in [0.1, 0.15) is 20.7 Å². The van der Waals surface area contributed by atoms with Gasteiger partial charge in [0.15, 0.2) is 0 Å². The second kappa shape index (κ2) is 6.43. The molecule has 2 aromatic rings. The van der Waals surface area contributed by atoms with Crippen LogP contribution in [0, 0.1) is 0 Å². The minimum absolute atomic E-state index is 0.227. The quantitative estimate of drug-likeness (QED) is 0.546. The number of hydrogen-bond acceptors (Lipinski definition) is 3. The Morgan fingerprint density at radius 1 is 0.850 bits per heavy atom. The van der Waals surface area contributed by atoms with Crippen LogP contribution in [-0.2, 0) is 4.79 Å². The molecule has 2 amide bonds. The number of rotatable bonds is 0. The van der Waals surface area contributed by atoms with Gasteiger partial charge >= 0.3 is 0 Å². The Labute approximate surface area is 117 Å². The van der Waals surface area contributed by atoms with E-state index in [1.54, 1.807) is 12.1 Å². The third kappa shape index (κ3) is 2.23. The van der Waals surface area contributed by atoms with Crippen LogP contribution in [-0.4, -0.2) is 30.6 Å². The number of carbonyl (C=O) groups excluding carboxylic acids is 3. The van der Waals surface area contributed by atoms with Crippen LogP contribution in [0.3, 0.4) is 0 Å². The first kappa shape index (κ1) is 15.3. The van der Waals surface area contributed by atoms with Gasteiger partial charge in [-0.25, -0.2) is 0 Å². The Bertz CT molecular complexity index is 611. The molecule has 0 saturated carbocycles. The van der Waals surface area contributed by atoms with E-state index in [-0.39, 0.29) is 11.8 Å². The molecular weight excluding hydrogens is 254 g/mol. The maximum Gasteiger partial charge on any atom is 0.261 e. The van der Waals surface area contributed by atoms with Crippen molar-refractivity contribution in [3.63, 3.8) is 0 Å². The molecule has 0 atom stereocenters. The number of imide groups is 1. The summed E-state index contributed by atoms with van der Waals surface area (Å²) in [6, 6.07) is 11.0. The van der Waals surface area contributed by atoms with Crippen molar-refractivity contribution in [2.45, 2.75) is 0 Å². The fourth-order valence-corrected chi connectivity index (χ4v) is 2.15. The van der Waals surface area contributed by atoms with Gasteiger partial charge in [0.05, 0.1) is 0 Å². The van der Waals surface area contributed by atoms with Crippen molar-refractivity contribution in [1.82, 2.24) is 4.90 Å². The second-order valence-corrected chi connectivity index (χ2v) is 3.88. The highest BCUT2D eigenvalue weighted by Crippen LogP contribution is 2.28. The molecule has 2 aromatic carbocycles. The topological polar surface area (TPSA) is 54.5 Å². The molecule has 0 N–H and O–H groups in total. The maximum atomic E-state index is 11.9. The molecule has 0 aromatic heterocycles. The molecular formula is C16H15NO3. The Kier molecular flexibility index (Phi) is 4.92. The lowest BCUT2D eigenvalue weighted by Crippen LogP contribution is -2.36. The number of nitrogens with zero attached hydrogens (tertiary/aromatic N) is 1. The number of carbonyl (C=O) groups is 3. The molecule has 0 radical (unpaired) electrons. The molecule has 20 heavy (non-hydrogen) atoms. The zero-order valence-corrected chi connectivity index (χ0v) is 11.3. The van der Waals surface area contributed by atoms with Gasteiger partial charge < -0.3 is 4.79 Å². The maximum absolute atomic E-state index is 11.9. The van der Waals surface area contributed by atoms with E-state index in [9.17, 15) is 9.59 Å². The van der Waals surface area contributed by atoms with Crippen LogP contribution in [0.15, 0.2) is 49.6 Å². The van der Waals surface area contributed by atoms with Crippen LogP contribution >= 0.6 is 0 Å². The first-order chi connectivity index (χ1) is 9.70. The van der Waals surface area contributed by atoms with Gasteiger partial charge in [-0.3, -0.25) is 14.5 Å². The fraction of sp³-hybridized carbons (Fsp3) is 0.0625. The van der Waals surface area contributed by atoms with E-state index in [1.165, 1.54) is 7.05 Å². The predicted molar refractivity (Wildman–Crippen MR) is 78.7 cm³/mol. The molecule has 0 bridgehead atoms. The minimum atomic E-state index is -0.228. The van der Waals surface area contributed by atoms with E-state index >= 15 is 0 Å². The average Bonchev–Trinajstić information content (AvgIpc) is 2.54. The SMILES string of the molecule is C=C.C=O.CN1C(=O)c2cccc3cccc(c23)C1=O. The molecule has 4 heteroatoms. The summed E-state index contributed by atoms with van der Waals surface area (Å²) in [4.78, 5) is 33.0. The highest BCUT2D eigenvalue weighted by Gasteiger charge is 2.29. The van der Waals surface area contributed by atoms with Gasteiger partial charge in [-0.2, -0.15) is 0 Å². The van der Waals surface area contributed by atoms with Crippen molar-refractivity contribution < 1.29 is 14.4 Å². The van der Waals surface area contributed by atoms with Crippen molar-refractivity contribution >= 4 is 29.4 Å². The first-order valence-corrected chi connectivity index (χ1v) is 5.83. The standard InChI is InChI=1S/C13H9NO2.C2H4.CH2O/c1-14-12(15)9-6-2-4-8-5-3-7-10(11(8)9)13(14)16;2*1-2/h2-7H,1H3;1-2H2;1H2. The monoisotopic (exact) mass is 269 g/mol. The van der Waals surface area contributed by atoms with E-state index in [0.29, 0.717) is 11.1 Å². The third-order valence-corrected chi connectivity index (χ3v) is 2.97. The molecule has 0 spiro atoms. The number of benzene rings is 2. The summed E-state index contributed by atoms with van der Waals surface area (Å²) in [5.41, 5.74) is 1.21. The van der Waals surface area contributed by atoms with Crippen molar-refractivity contribution in [2.24, 2.45) is 0 Å². The highest BCUT2D eigenvalue weighted by molar-refractivity contribution is 6.25. The van der Waals surface area contributed by atoms with Crippen molar-refractivity contribution in [1.29, 1.82) is 0 Å². The lowest BCUT2D eigenvalue weighted by molar-refractivity contribution is -0.0980. The van der Waals surface area contributed by atoms with E-state index in [1.807, 2.05) is 31.1 Å². The third-order valence-electron chi connectivity index (χ3n) is 2.97. The lowest BCUT2D eigenvalue weighted by atomic mass is 9.94. The van der Waals surface area contributed by atoms with Crippen LogP contribution in [0.4, 0.5) is 0 Å². The predicted octanol–water partition coefficient (Wildman–Crippen LogP) is 2.68. The summed E-state index contributed by atoms with van der Waals surface area (Å²) in [6.45, 7) is 8.00. The largest absolute Gasteiger partial charge is 0.307 e. The Morgan fingerprint density at radius 3 is 1.65 bits per heavy atom. The number of amides is 2. The van der Waals surface area contributed by atoms with E-state index < -0.39 is 0 Å². The summed E-state index contributed by atoms with van der Waals surface area (Å²) >= 11 is 0. The summed E-state index contributed by atoms with van der Waals surface area (Å²) in [5, 5.41) is 1.71. The van der Waals surface area contributed by atoms with Crippen molar-refractivity contribution in [3.05, 3.63) is 60.7 Å². The van der Waals surface area contributed by atoms with Gasteiger partial charge in [0.25, 0.3) is 11.8 Å². The van der Waals surface area contributed by atoms with Crippen LogP contribution in [0.25, 0.3) is 10.8 Å². The summed E-state index contributed by atoms with van der Waals surface area (Å²) < 4.78 is 0. The van der Waals surface area contributed by atoms with Gasteiger partial charge in [-0.15, -0.1) is 13.2 Å². The molecule has 0 aliphatic carbocycles. The summed E-state index contributed by atoms with van der Waals surface area (Å²) in [5.74, 6) is -0.455. The van der Waals surface area contributed by atoms with Crippen molar-refractivity contribution in [2.75, 3.05) is 7.05 Å². The molecule has 4 nitrogen and oxygen atoms in total.